The van der Waals surface area contributed by atoms with Gasteiger partial charge in [0.15, 0.2) is 6.29 Å². The fourth-order valence-corrected chi connectivity index (χ4v) is 10.8. The van der Waals surface area contributed by atoms with Gasteiger partial charge in [-0.05, 0) is 32.1 Å². The SMILES string of the molecule is CCCCCCCCC/C=C/C(O)C(COC1OC(CO)C(O)C(O)C1O)NC(=O)CCCCCCCCCCCCCCCCCCCCCCCCCOC(=O)CCCCCCCCCCCCCCCCCCC. The first-order valence-corrected chi connectivity index (χ1v) is 33.5. The highest BCUT2D eigenvalue weighted by molar-refractivity contribution is 5.76. The molecule has 1 rings (SSSR count). The van der Waals surface area contributed by atoms with Crippen LogP contribution < -0.4 is 5.32 Å². The number of unbranched alkanes of at least 4 members (excludes halogenated alkanes) is 45. The van der Waals surface area contributed by atoms with Gasteiger partial charge in [-0.3, -0.25) is 9.59 Å². The molecule has 0 aromatic rings. The van der Waals surface area contributed by atoms with Gasteiger partial charge in [0.1, 0.15) is 24.4 Å². The normalized spacial score (nSPS) is 18.6. The molecule has 6 N–H and O–H groups in total. The summed E-state index contributed by atoms with van der Waals surface area (Å²) in [6.07, 6.45) is 57.7. The van der Waals surface area contributed by atoms with Crippen LogP contribution in [0.3, 0.4) is 0 Å². The zero-order valence-electron chi connectivity index (χ0n) is 50.5. The van der Waals surface area contributed by atoms with Crippen molar-refractivity contribution in [2.24, 2.45) is 0 Å². The fourth-order valence-electron chi connectivity index (χ4n) is 10.8. The predicted octanol–water partition coefficient (Wildman–Crippen LogP) is 16.3. The molecule has 0 spiro atoms. The van der Waals surface area contributed by atoms with Gasteiger partial charge in [0.05, 0.1) is 32.0 Å². The molecule has 0 saturated carbocycles. The number of rotatable bonds is 59. The number of aliphatic hydroxyl groups is 5. The van der Waals surface area contributed by atoms with Crippen molar-refractivity contribution in [3.63, 3.8) is 0 Å². The highest BCUT2D eigenvalue weighted by atomic mass is 16.7. The number of amides is 1. The van der Waals surface area contributed by atoms with E-state index in [1.54, 1.807) is 6.08 Å². The monoisotopic (exact) mass is 1090 g/mol. The van der Waals surface area contributed by atoms with Gasteiger partial charge in [-0.1, -0.05) is 302 Å². The Morgan fingerprint density at radius 3 is 1.21 bits per heavy atom. The number of nitrogens with one attached hydrogen (secondary N) is 1. The van der Waals surface area contributed by atoms with Crippen molar-refractivity contribution in [3.8, 4) is 0 Å². The third-order valence-electron chi connectivity index (χ3n) is 16.2. The summed E-state index contributed by atoms with van der Waals surface area (Å²) in [5, 5.41) is 54.3. The van der Waals surface area contributed by atoms with Crippen molar-refractivity contribution < 1.29 is 49.3 Å². The number of carbonyl (C=O) groups excluding carboxylic acids is 2. The largest absolute Gasteiger partial charge is 0.466 e. The van der Waals surface area contributed by atoms with Crippen molar-refractivity contribution in [2.45, 2.75) is 378 Å². The van der Waals surface area contributed by atoms with Gasteiger partial charge in [0.25, 0.3) is 0 Å². The van der Waals surface area contributed by atoms with Gasteiger partial charge >= 0.3 is 5.97 Å². The van der Waals surface area contributed by atoms with Crippen LogP contribution in [0.1, 0.15) is 335 Å². The molecular weight excluding hydrogens is 967 g/mol. The molecule has 11 nitrogen and oxygen atoms in total. The molecule has 0 aromatic carbocycles. The van der Waals surface area contributed by atoms with Gasteiger partial charge in [-0.15, -0.1) is 0 Å². The Hall–Kier alpha value is -1.60. The third kappa shape index (κ3) is 45.7. The first kappa shape index (κ1) is 73.4. The van der Waals surface area contributed by atoms with Crippen LogP contribution in [-0.2, 0) is 23.8 Å². The summed E-state index contributed by atoms with van der Waals surface area (Å²) in [7, 11) is 0. The second-order valence-electron chi connectivity index (χ2n) is 23.5. The first-order valence-electron chi connectivity index (χ1n) is 33.5. The molecule has 1 heterocycles. The van der Waals surface area contributed by atoms with E-state index < -0.39 is 49.5 Å². The van der Waals surface area contributed by atoms with E-state index in [0.29, 0.717) is 19.4 Å². The first-order chi connectivity index (χ1) is 37.7. The lowest BCUT2D eigenvalue weighted by Crippen LogP contribution is -2.60. The predicted molar refractivity (Wildman–Crippen MR) is 320 cm³/mol. The number of carbonyl (C=O) groups is 2. The Kier molecular flexibility index (Phi) is 53.6. The van der Waals surface area contributed by atoms with E-state index >= 15 is 0 Å². The van der Waals surface area contributed by atoms with Crippen molar-refractivity contribution in [1.29, 1.82) is 0 Å². The quantitative estimate of drug-likeness (QED) is 0.0195. The summed E-state index contributed by atoms with van der Waals surface area (Å²) in [5.41, 5.74) is 0. The number of esters is 1. The van der Waals surface area contributed by atoms with Gasteiger partial charge in [-0.25, -0.2) is 0 Å². The van der Waals surface area contributed by atoms with E-state index in [1.807, 2.05) is 6.08 Å². The van der Waals surface area contributed by atoms with Gasteiger partial charge in [0.2, 0.25) is 5.91 Å². The molecule has 7 atom stereocenters. The molecule has 0 aliphatic carbocycles. The highest BCUT2D eigenvalue weighted by Gasteiger charge is 2.44. The van der Waals surface area contributed by atoms with Gasteiger partial charge < -0.3 is 45.1 Å². The van der Waals surface area contributed by atoms with Crippen LogP contribution >= 0.6 is 0 Å². The minimum atomic E-state index is -1.57. The summed E-state index contributed by atoms with van der Waals surface area (Å²) < 4.78 is 16.7. The summed E-state index contributed by atoms with van der Waals surface area (Å²) >= 11 is 0. The van der Waals surface area contributed by atoms with Gasteiger partial charge in [-0.2, -0.15) is 0 Å². The number of hydrogen-bond donors (Lipinski definition) is 6. The van der Waals surface area contributed by atoms with E-state index in [0.717, 1.165) is 57.8 Å². The van der Waals surface area contributed by atoms with Crippen LogP contribution in [0.15, 0.2) is 12.2 Å². The molecule has 456 valence electrons. The van der Waals surface area contributed by atoms with Crippen molar-refractivity contribution in [3.05, 3.63) is 12.2 Å². The summed E-state index contributed by atoms with van der Waals surface area (Å²) in [6, 6.07) is -0.807. The molecule has 0 bridgehead atoms. The van der Waals surface area contributed by atoms with Crippen LogP contribution in [0.2, 0.25) is 0 Å². The summed E-state index contributed by atoms with van der Waals surface area (Å²) in [5.74, 6) is -0.174. The molecule has 0 radical (unpaired) electrons. The molecule has 11 heteroatoms. The molecule has 1 aliphatic rings. The van der Waals surface area contributed by atoms with E-state index in [9.17, 15) is 35.1 Å². The highest BCUT2D eigenvalue weighted by Crippen LogP contribution is 2.23. The molecule has 7 unspecified atom stereocenters. The summed E-state index contributed by atoms with van der Waals surface area (Å²) in [4.78, 5) is 25.1. The Morgan fingerprint density at radius 1 is 0.468 bits per heavy atom. The van der Waals surface area contributed by atoms with Crippen LogP contribution in [0, 0.1) is 0 Å². The Bertz CT molecular complexity index is 1280. The second kappa shape index (κ2) is 56.3. The number of aliphatic hydroxyl groups excluding tert-OH is 5. The Balaban J connectivity index is 1.93. The molecule has 1 fully saturated rings. The number of allylic oxidation sites excluding steroid dienone is 1. The molecule has 1 amide bonds. The standard InChI is InChI=1S/C66H127NO10/c1-3-5-7-9-11-13-14-15-16-24-28-31-34-38-42-46-50-54-62(71)75-55-51-47-43-39-35-32-29-26-23-21-19-17-18-20-22-25-27-30-33-37-41-45-49-53-61(70)67-58(59(69)52-48-44-40-36-12-10-8-6-4-2)57-76-66-65(74)64(73)63(72)60(56-68)77-66/h48,52,58-60,63-66,68-69,72-74H,3-47,49-51,53-57H2,1-2H3,(H,67,70)/b52-48+. The van der Waals surface area contributed by atoms with E-state index in [-0.39, 0.29) is 18.5 Å². The van der Waals surface area contributed by atoms with Crippen LogP contribution in [-0.4, -0.2) is 100 Å². The van der Waals surface area contributed by atoms with Crippen molar-refractivity contribution in [1.82, 2.24) is 5.32 Å². The average molecular weight is 1090 g/mol. The average Bonchev–Trinajstić information content (AvgIpc) is 3.43. The van der Waals surface area contributed by atoms with Crippen LogP contribution in [0.25, 0.3) is 0 Å². The lowest BCUT2D eigenvalue weighted by Gasteiger charge is -2.40. The molecule has 1 aliphatic heterocycles. The topological polar surface area (TPSA) is 175 Å². The Morgan fingerprint density at radius 2 is 0.818 bits per heavy atom. The molecule has 1 saturated heterocycles. The molecule has 0 aromatic heterocycles. The number of hydrogen-bond acceptors (Lipinski definition) is 10. The van der Waals surface area contributed by atoms with Crippen molar-refractivity contribution >= 4 is 11.9 Å². The van der Waals surface area contributed by atoms with Crippen LogP contribution in [0.5, 0.6) is 0 Å². The smallest absolute Gasteiger partial charge is 0.305 e. The molecule has 77 heavy (non-hydrogen) atoms. The number of ether oxygens (including phenoxy) is 3. The zero-order valence-corrected chi connectivity index (χ0v) is 50.5. The minimum absolute atomic E-state index is 0.00727. The van der Waals surface area contributed by atoms with Crippen LogP contribution in [0.4, 0.5) is 0 Å². The van der Waals surface area contributed by atoms with E-state index in [1.165, 1.54) is 250 Å². The maximum atomic E-state index is 13.0. The van der Waals surface area contributed by atoms with E-state index in [4.69, 9.17) is 14.2 Å². The second-order valence-corrected chi connectivity index (χ2v) is 23.5. The molecular formula is C66H127NO10. The minimum Gasteiger partial charge on any atom is -0.466 e. The fraction of sp³-hybridized carbons (Fsp3) is 0.939. The maximum absolute atomic E-state index is 13.0. The zero-order chi connectivity index (χ0) is 55.9. The third-order valence-corrected chi connectivity index (χ3v) is 16.2. The van der Waals surface area contributed by atoms with Gasteiger partial charge in [0, 0.05) is 12.8 Å². The lowest BCUT2D eigenvalue weighted by molar-refractivity contribution is -0.302. The summed E-state index contributed by atoms with van der Waals surface area (Å²) in [6.45, 7) is 4.35. The maximum Gasteiger partial charge on any atom is 0.305 e. The lowest BCUT2D eigenvalue weighted by atomic mass is 9.99. The Labute approximate surface area is 474 Å². The van der Waals surface area contributed by atoms with Crippen molar-refractivity contribution in [2.75, 3.05) is 19.8 Å². The van der Waals surface area contributed by atoms with E-state index in [2.05, 4.69) is 19.2 Å².